The fourth-order valence-electron chi connectivity index (χ4n) is 3.11. The molecular formula is C20H19N3O4. The van der Waals surface area contributed by atoms with Crippen LogP contribution in [0, 0.1) is 0 Å². The molecular weight excluding hydrogens is 346 g/mol. The third kappa shape index (κ3) is 3.23. The minimum Gasteiger partial charge on any atom is -0.504 e. The van der Waals surface area contributed by atoms with E-state index in [-0.39, 0.29) is 28.9 Å². The molecule has 7 nitrogen and oxygen atoms in total. The van der Waals surface area contributed by atoms with E-state index in [9.17, 15) is 14.7 Å². The van der Waals surface area contributed by atoms with Gasteiger partial charge in [0.25, 0.3) is 11.5 Å². The third-order valence-corrected chi connectivity index (χ3v) is 4.68. The van der Waals surface area contributed by atoms with E-state index in [2.05, 4.69) is 4.98 Å². The molecule has 1 N–H and O–H groups in total. The first kappa shape index (κ1) is 17.1. The summed E-state index contributed by atoms with van der Waals surface area (Å²) in [6.07, 6.45) is 4.57. The number of carbonyl (C=O) groups excluding carboxylic acids is 1. The molecule has 0 bridgehead atoms. The van der Waals surface area contributed by atoms with Crippen LogP contribution in [0.5, 0.6) is 11.5 Å². The van der Waals surface area contributed by atoms with E-state index in [1.807, 2.05) is 24.3 Å². The summed E-state index contributed by atoms with van der Waals surface area (Å²) in [5.74, 6) is 0.262. The first-order chi connectivity index (χ1) is 13.1. The van der Waals surface area contributed by atoms with E-state index in [1.54, 1.807) is 12.0 Å². The normalized spacial score (nSPS) is 13.5. The van der Waals surface area contributed by atoms with E-state index in [4.69, 9.17) is 4.74 Å². The molecule has 1 saturated carbocycles. The van der Waals surface area contributed by atoms with Crippen molar-refractivity contribution in [3.05, 3.63) is 70.3 Å². The van der Waals surface area contributed by atoms with Gasteiger partial charge in [-0.15, -0.1) is 0 Å². The number of hydrogen-bond acceptors (Lipinski definition) is 5. The van der Waals surface area contributed by atoms with Crippen molar-refractivity contribution < 1.29 is 14.6 Å². The van der Waals surface area contributed by atoms with Crippen LogP contribution in [0.25, 0.3) is 5.65 Å². The first-order valence-electron chi connectivity index (χ1n) is 8.71. The second-order valence-electron chi connectivity index (χ2n) is 6.58. The second kappa shape index (κ2) is 6.75. The molecule has 7 heteroatoms. The molecule has 3 aromatic rings. The summed E-state index contributed by atoms with van der Waals surface area (Å²) in [7, 11) is 1.60. The van der Waals surface area contributed by atoms with Gasteiger partial charge in [0.1, 0.15) is 11.3 Å². The smallest absolute Gasteiger partial charge is 0.270 e. The number of ether oxygens (including phenoxy) is 1. The number of amides is 1. The number of methoxy groups -OCH3 is 1. The number of benzene rings is 1. The minimum atomic E-state index is -0.489. The molecule has 1 aliphatic rings. The highest BCUT2D eigenvalue weighted by molar-refractivity contribution is 5.94. The van der Waals surface area contributed by atoms with Gasteiger partial charge in [-0.05, 0) is 42.7 Å². The summed E-state index contributed by atoms with van der Waals surface area (Å²) in [4.78, 5) is 31.7. The lowest BCUT2D eigenvalue weighted by Gasteiger charge is -2.22. The Morgan fingerprint density at radius 1 is 1.33 bits per heavy atom. The second-order valence-corrected chi connectivity index (χ2v) is 6.58. The standard InChI is InChI=1S/C20H19N3O4/c1-27-15-5-2-4-13(10-15)12-23(14-7-8-14)20(26)16-11-21-18-17(24)6-3-9-22(18)19(16)25/h2-6,9-11,14,24H,7-8,12H2,1H3. The van der Waals surface area contributed by atoms with Crippen molar-refractivity contribution >= 4 is 11.6 Å². The van der Waals surface area contributed by atoms with E-state index >= 15 is 0 Å². The van der Waals surface area contributed by atoms with Gasteiger partial charge in [0.2, 0.25) is 0 Å². The molecule has 0 radical (unpaired) electrons. The van der Waals surface area contributed by atoms with Crippen LogP contribution in [0.4, 0.5) is 0 Å². The molecule has 1 fully saturated rings. The lowest BCUT2D eigenvalue weighted by atomic mass is 10.1. The van der Waals surface area contributed by atoms with Gasteiger partial charge in [0, 0.05) is 25.0 Å². The van der Waals surface area contributed by atoms with Crippen LogP contribution >= 0.6 is 0 Å². The summed E-state index contributed by atoms with van der Waals surface area (Å²) in [6.45, 7) is 0.392. The highest BCUT2D eigenvalue weighted by Gasteiger charge is 2.34. The Labute approximate surface area is 155 Å². The molecule has 27 heavy (non-hydrogen) atoms. The predicted octanol–water partition coefficient (Wildman–Crippen LogP) is 2.21. The molecule has 2 heterocycles. The van der Waals surface area contributed by atoms with E-state index in [0.29, 0.717) is 6.54 Å². The van der Waals surface area contributed by atoms with Crippen LogP contribution in [0.2, 0.25) is 0 Å². The fourth-order valence-corrected chi connectivity index (χ4v) is 3.11. The number of aromatic nitrogens is 2. The molecule has 1 amide bonds. The molecule has 0 aliphatic heterocycles. The van der Waals surface area contributed by atoms with Crippen molar-refractivity contribution in [3.8, 4) is 11.5 Å². The lowest BCUT2D eigenvalue weighted by Crippen LogP contribution is -2.37. The van der Waals surface area contributed by atoms with Crippen molar-refractivity contribution in [1.82, 2.24) is 14.3 Å². The van der Waals surface area contributed by atoms with Gasteiger partial charge in [-0.2, -0.15) is 0 Å². The van der Waals surface area contributed by atoms with Crippen molar-refractivity contribution in [2.24, 2.45) is 0 Å². The van der Waals surface area contributed by atoms with Crippen LogP contribution in [0.3, 0.4) is 0 Å². The zero-order valence-corrected chi connectivity index (χ0v) is 14.8. The Bertz CT molecular complexity index is 1070. The molecule has 0 saturated heterocycles. The number of aromatic hydroxyl groups is 1. The van der Waals surface area contributed by atoms with Crippen molar-refractivity contribution in [2.45, 2.75) is 25.4 Å². The molecule has 138 valence electrons. The fraction of sp³-hybridized carbons (Fsp3) is 0.250. The quantitative estimate of drug-likeness (QED) is 0.749. The van der Waals surface area contributed by atoms with Crippen LogP contribution < -0.4 is 10.3 Å². The lowest BCUT2D eigenvalue weighted by molar-refractivity contribution is 0.0727. The average Bonchev–Trinajstić information content (AvgIpc) is 3.52. The molecule has 0 atom stereocenters. The van der Waals surface area contributed by atoms with E-state index in [1.165, 1.54) is 28.9 Å². The SMILES string of the molecule is COc1cccc(CN(C(=O)c2cnc3c(O)cccn3c2=O)C2CC2)c1. The number of pyridine rings is 1. The summed E-state index contributed by atoms with van der Waals surface area (Å²) in [5.41, 5.74) is 0.566. The zero-order chi connectivity index (χ0) is 19.0. The first-order valence-corrected chi connectivity index (χ1v) is 8.71. The Morgan fingerprint density at radius 2 is 2.15 bits per heavy atom. The third-order valence-electron chi connectivity index (χ3n) is 4.68. The van der Waals surface area contributed by atoms with Gasteiger partial charge in [-0.3, -0.25) is 14.0 Å². The molecule has 4 rings (SSSR count). The number of fused-ring (bicyclic) bond motifs is 1. The van der Waals surface area contributed by atoms with Gasteiger partial charge < -0.3 is 14.7 Å². The molecule has 0 spiro atoms. The largest absolute Gasteiger partial charge is 0.504 e. The van der Waals surface area contributed by atoms with Gasteiger partial charge in [-0.1, -0.05) is 12.1 Å². The minimum absolute atomic E-state index is 0.00658. The van der Waals surface area contributed by atoms with Crippen LogP contribution in [-0.4, -0.2) is 38.4 Å². The summed E-state index contributed by atoms with van der Waals surface area (Å²) >= 11 is 0. The van der Waals surface area contributed by atoms with Crippen molar-refractivity contribution in [3.63, 3.8) is 0 Å². The van der Waals surface area contributed by atoms with E-state index in [0.717, 1.165) is 24.2 Å². The zero-order valence-electron chi connectivity index (χ0n) is 14.8. The molecule has 1 aliphatic carbocycles. The Kier molecular flexibility index (Phi) is 4.27. The van der Waals surface area contributed by atoms with Gasteiger partial charge in [0.15, 0.2) is 11.4 Å². The number of nitrogens with zero attached hydrogens (tertiary/aromatic N) is 3. The van der Waals surface area contributed by atoms with Crippen molar-refractivity contribution in [2.75, 3.05) is 7.11 Å². The van der Waals surface area contributed by atoms with Crippen LogP contribution in [-0.2, 0) is 6.54 Å². The van der Waals surface area contributed by atoms with Gasteiger partial charge in [0.05, 0.1) is 7.11 Å². The number of rotatable bonds is 5. The summed E-state index contributed by atoms with van der Waals surface area (Å²) < 4.78 is 6.44. The Hall–Kier alpha value is -3.35. The molecule has 1 aromatic carbocycles. The van der Waals surface area contributed by atoms with Crippen LogP contribution in [0.15, 0.2) is 53.6 Å². The van der Waals surface area contributed by atoms with Gasteiger partial charge >= 0.3 is 0 Å². The topological polar surface area (TPSA) is 84.1 Å². The van der Waals surface area contributed by atoms with Gasteiger partial charge in [-0.25, -0.2) is 4.98 Å². The Morgan fingerprint density at radius 3 is 2.89 bits per heavy atom. The van der Waals surface area contributed by atoms with E-state index < -0.39 is 5.56 Å². The van der Waals surface area contributed by atoms with Crippen molar-refractivity contribution in [1.29, 1.82) is 0 Å². The maximum atomic E-state index is 13.1. The Balaban J connectivity index is 1.70. The maximum absolute atomic E-state index is 13.1. The van der Waals surface area contributed by atoms with Crippen LogP contribution in [0.1, 0.15) is 28.8 Å². The molecule has 2 aromatic heterocycles. The maximum Gasteiger partial charge on any atom is 0.270 e. The number of carbonyl (C=O) groups is 1. The predicted molar refractivity (Wildman–Crippen MR) is 99.0 cm³/mol. The average molecular weight is 365 g/mol. The summed E-state index contributed by atoms with van der Waals surface area (Å²) in [6, 6.07) is 10.6. The highest BCUT2D eigenvalue weighted by atomic mass is 16.5. The summed E-state index contributed by atoms with van der Waals surface area (Å²) in [5, 5.41) is 9.85. The monoisotopic (exact) mass is 365 g/mol. The molecule has 0 unspecified atom stereocenters. The highest BCUT2D eigenvalue weighted by Crippen LogP contribution is 2.30. The number of hydrogen-bond donors (Lipinski definition) is 1.